The number of aromatic nitrogens is 3. The molecule has 0 aliphatic rings. The molecule has 3 aromatic heterocycles. The first kappa shape index (κ1) is 32.5. The Hall–Kier alpha value is -4.67. The number of para-hydroxylation sites is 3. The van der Waals surface area contributed by atoms with Crippen LogP contribution in [0.15, 0.2) is 140 Å². The molecule has 8 rings (SSSR count). The summed E-state index contributed by atoms with van der Waals surface area (Å²) in [5.41, 5.74) is 10.1. The number of fused-ring (bicyclic) bond motifs is 2. The monoisotopic (exact) mass is 848 g/mol. The SMILES string of the molecule is [2H]C([2H])(c1ccccc1)c1ccc2c(-c3nc4ccccc4n3-c3c(C(C)C)cccc3C(C)C)[c-]sc2c1.[Ir].[c-]1ccccc1-c1ccccn1. The van der Waals surface area contributed by atoms with Crippen LogP contribution >= 0.6 is 11.3 Å². The number of hydrogen-bond donors (Lipinski definition) is 0. The summed E-state index contributed by atoms with van der Waals surface area (Å²) in [5, 5.41) is 4.59. The number of pyridine rings is 1. The predicted octanol–water partition coefficient (Wildman–Crippen LogP) is 12.1. The van der Waals surface area contributed by atoms with E-state index in [1.165, 1.54) is 28.2 Å². The predicted molar refractivity (Wildman–Crippen MR) is 207 cm³/mol. The maximum Gasteiger partial charge on any atom is 0.0774 e. The normalized spacial score (nSPS) is 12.0. The third kappa shape index (κ3) is 7.41. The molecule has 5 heteroatoms. The van der Waals surface area contributed by atoms with Crippen LogP contribution in [0.5, 0.6) is 0 Å². The zero-order valence-corrected chi connectivity index (χ0v) is 31.7. The first-order valence-corrected chi connectivity index (χ1v) is 17.5. The molecule has 0 amide bonds. The van der Waals surface area contributed by atoms with E-state index in [1.807, 2.05) is 97.1 Å². The van der Waals surface area contributed by atoms with E-state index in [4.69, 9.17) is 7.73 Å². The fourth-order valence-corrected chi connectivity index (χ4v) is 7.05. The van der Waals surface area contributed by atoms with Gasteiger partial charge >= 0.3 is 0 Å². The van der Waals surface area contributed by atoms with Gasteiger partial charge in [-0.3, -0.25) is 16.3 Å². The van der Waals surface area contributed by atoms with Crippen molar-refractivity contribution in [3.05, 3.63) is 173 Å². The summed E-state index contributed by atoms with van der Waals surface area (Å²) in [7, 11) is 0. The van der Waals surface area contributed by atoms with Crippen molar-refractivity contribution in [3.63, 3.8) is 0 Å². The van der Waals surface area contributed by atoms with E-state index in [1.54, 1.807) is 6.20 Å². The van der Waals surface area contributed by atoms with Crippen molar-refractivity contribution in [2.75, 3.05) is 0 Å². The van der Waals surface area contributed by atoms with Crippen LogP contribution in [0.25, 0.3) is 49.5 Å². The maximum absolute atomic E-state index is 8.85. The van der Waals surface area contributed by atoms with Crippen molar-refractivity contribution >= 4 is 32.5 Å². The summed E-state index contributed by atoms with van der Waals surface area (Å²) in [5.74, 6) is 1.56. The van der Waals surface area contributed by atoms with E-state index in [2.05, 4.69) is 85.1 Å². The number of nitrogens with zero attached hydrogens (tertiary/aromatic N) is 3. The molecule has 1 radical (unpaired) electrons. The molecular weight excluding hydrogens is 807 g/mol. The summed E-state index contributed by atoms with van der Waals surface area (Å²) in [4.78, 5) is 9.38. The summed E-state index contributed by atoms with van der Waals surface area (Å²) in [6.45, 7) is 8.98. The van der Waals surface area contributed by atoms with E-state index >= 15 is 0 Å². The number of rotatable bonds is 7. The van der Waals surface area contributed by atoms with Crippen LogP contribution in [-0.2, 0) is 26.5 Å². The molecule has 50 heavy (non-hydrogen) atoms. The molecule has 0 fully saturated rings. The molecule has 0 unspecified atom stereocenters. The second kappa shape index (κ2) is 15.9. The van der Waals surface area contributed by atoms with Gasteiger partial charge in [-0.25, -0.2) is 0 Å². The van der Waals surface area contributed by atoms with Gasteiger partial charge in [-0.15, -0.1) is 47.3 Å². The average molecular weight is 848 g/mol. The Morgan fingerprint density at radius 2 is 1.46 bits per heavy atom. The summed E-state index contributed by atoms with van der Waals surface area (Å²) >= 11 is 1.52. The number of thiophene rings is 1. The Morgan fingerprint density at radius 3 is 2.16 bits per heavy atom. The Labute approximate surface area is 315 Å². The first-order valence-electron chi connectivity index (χ1n) is 17.7. The molecule has 0 bridgehead atoms. The quantitative estimate of drug-likeness (QED) is 0.150. The van der Waals surface area contributed by atoms with Gasteiger partial charge in [0.2, 0.25) is 0 Å². The molecule has 5 aromatic carbocycles. The van der Waals surface area contributed by atoms with E-state index in [0.29, 0.717) is 23.0 Å². The van der Waals surface area contributed by atoms with Gasteiger partial charge in [0, 0.05) is 34.7 Å². The van der Waals surface area contributed by atoms with Gasteiger partial charge in [-0.05, 0) is 58.8 Å². The van der Waals surface area contributed by atoms with Crippen LogP contribution in [0.1, 0.15) is 64.5 Å². The van der Waals surface area contributed by atoms with E-state index in [9.17, 15) is 0 Å². The van der Waals surface area contributed by atoms with Crippen molar-refractivity contribution < 1.29 is 22.8 Å². The largest absolute Gasteiger partial charge is 0.333 e. The topological polar surface area (TPSA) is 30.7 Å². The average Bonchev–Trinajstić information content (AvgIpc) is 3.77. The molecule has 8 aromatic rings. The molecular formula is C45H39IrN3S-2. The summed E-state index contributed by atoms with van der Waals surface area (Å²) in [6.07, 6.45) is 0.200. The van der Waals surface area contributed by atoms with Gasteiger partial charge < -0.3 is 9.55 Å². The van der Waals surface area contributed by atoms with Gasteiger partial charge in [-0.1, -0.05) is 134 Å². The Morgan fingerprint density at radius 1 is 0.740 bits per heavy atom. The zero-order valence-electron chi connectivity index (χ0n) is 30.5. The minimum atomic E-state index is -1.59. The van der Waals surface area contributed by atoms with Gasteiger partial charge in [0.15, 0.2) is 0 Å². The standard InChI is InChI=1S/C34H31N2S.C11H8N.Ir/c1-22(2)26-13-10-14-27(23(3)4)33(26)36-31-16-9-8-15-30(31)35-34(36)29-21-37-32-20-25(17-18-28(29)32)19-24-11-6-5-7-12-24;1-2-6-10(7-3-1)11-8-4-5-9-12-11;/h5-18,20,22-23H,19H2,1-4H3;1-6,8-9H;/q2*-1;/i19D2;;. The van der Waals surface area contributed by atoms with Gasteiger partial charge in [0.25, 0.3) is 0 Å². The number of hydrogen-bond acceptors (Lipinski definition) is 3. The minimum Gasteiger partial charge on any atom is -0.333 e. The number of benzene rings is 5. The van der Waals surface area contributed by atoms with Crippen molar-refractivity contribution in [2.24, 2.45) is 0 Å². The van der Waals surface area contributed by atoms with Crippen LogP contribution in [0.3, 0.4) is 0 Å². The Bertz CT molecular complexity index is 2340. The van der Waals surface area contributed by atoms with Crippen LogP contribution in [0.2, 0.25) is 0 Å². The van der Waals surface area contributed by atoms with Crippen molar-refractivity contribution in [1.29, 1.82) is 0 Å². The summed E-state index contributed by atoms with van der Waals surface area (Å²) < 4.78 is 21.0. The van der Waals surface area contributed by atoms with Crippen LogP contribution in [0, 0.1) is 11.4 Å². The third-order valence-electron chi connectivity index (χ3n) is 8.58. The van der Waals surface area contributed by atoms with Gasteiger partial charge in [0.1, 0.15) is 0 Å². The molecule has 0 aliphatic heterocycles. The second-order valence-corrected chi connectivity index (χ2v) is 13.5. The van der Waals surface area contributed by atoms with Crippen LogP contribution in [0.4, 0.5) is 0 Å². The van der Waals surface area contributed by atoms with E-state index in [-0.39, 0.29) is 20.1 Å². The molecule has 3 nitrogen and oxygen atoms in total. The molecule has 0 N–H and O–H groups in total. The molecule has 0 atom stereocenters. The van der Waals surface area contributed by atoms with Crippen LogP contribution < -0.4 is 0 Å². The molecule has 251 valence electrons. The fourth-order valence-electron chi connectivity index (χ4n) is 6.17. The van der Waals surface area contributed by atoms with Crippen LogP contribution in [-0.4, -0.2) is 14.5 Å². The zero-order chi connectivity index (χ0) is 35.5. The van der Waals surface area contributed by atoms with Gasteiger partial charge in [0.05, 0.1) is 16.9 Å². The molecule has 0 spiro atoms. The smallest absolute Gasteiger partial charge is 0.0774 e. The number of imidazole rings is 1. The van der Waals surface area contributed by atoms with E-state index < -0.39 is 6.37 Å². The van der Waals surface area contributed by atoms with Crippen molar-refractivity contribution in [1.82, 2.24) is 14.5 Å². The molecule has 0 saturated heterocycles. The van der Waals surface area contributed by atoms with Crippen molar-refractivity contribution in [2.45, 2.75) is 45.9 Å². The fraction of sp³-hybridized carbons (Fsp3) is 0.156. The summed E-state index contributed by atoms with van der Waals surface area (Å²) in [6, 6.07) is 47.1. The van der Waals surface area contributed by atoms with E-state index in [0.717, 1.165) is 43.8 Å². The minimum absolute atomic E-state index is 0. The first-order chi connectivity index (χ1) is 24.7. The maximum atomic E-state index is 8.85. The third-order valence-corrected chi connectivity index (χ3v) is 9.44. The molecule has 3 heterocycles. The molecule has 0 aliphatic carbocycles. The second-order valence-electron chi connectivity index (χ2n) is 12.6. The Kier molecular flexibility index (Phi) is 10.3. The Balaban J connectivity index is 0.000000302. The van der Waals surface area contributed by atoms with Crippen molar-refractivity contribution in [3.8, 4) is 28.3 Å². The van der Waals surface area contributed by atoms with Gasteiger partial charge in [-0.2, -0.15) is 0 Å². The molecule has 0 saturated carbocycles.